The number of hydrogen-bond acceptors (Lipinski definition) is 2. The van der Waals surface area contributed by atoms with Gasteiger partial charge in [-0.05, 0) is 32.4 Å². The molecule has 0 saturated carbocycles. The third-order valence-corrected chi connectivity index (χ3v) is 5.49. The molecule has 3 unspecified atom stereocenters. The van der Waals surface area contributed by atoms with Crippen molar-refractivity contribution in [3.63, 3.8) is 0 Å². The second kappa shape index (κ2) is 9.30. The SMILES string of the molecule is CCCCCS(=O)C(C)C(NCC)c1ccc(C)cc1. The third kappa shape index (κ3) is 5.37. The molecule has 0 radical (unpaired) electrons. The number of aryl methyl sites for hydroxylation is 1. The van der Waals surface area contributed by atoms with Crippen LogP contribution in [0.4, 0.5) is 0 Å². The fourth-order valence-corrected chi connectivity index (χ4v) is 3.80. The van der Waals surface area contributed by atoms with E-state index in [1.807, 2.05) is 0 Å². The number of benzene rings is 1. The number of unbranched alkanes of at least 4 members (excludes halogenated alkanes) is 2. The fourth-order valence-electron chi connectivity index (χ4n) is 2.38. The molecule has 0 aliphatic heterocycles. The molecule has 0 saturated heterocycles. The Morgan fingerprint density at radius 3 is 2.35 bits per heavy atom. The summed E-state index contributed by atoms with van der Waals surface area (Å²) in [6, 6.07) is 8.76. The van der Waals surface area contributed by atoms with Gasteiger partial charge in [0, 0.05) is 22.6 Å². The molecule has 0 aliphatic carbocycles. The zero-order chi connectivity index (χ0) is 15.0. The number of hydrogen-bond donors (Lipinski definition) is 1. The highest BCUT2D eigenvalue weighted by Crippen LogP contribution is 2.22. The molecule has 0 spiro atoms. The van der Waals surface area contributed by atoms with Crippen LogP contribution in [-0.2, 0) is 10.8 Å². The van der Waals surface area contributed by atoms with Crippen molar-refractivity contribution in [3.8, 4) is 0 Å². The van der Waals surface area contributed by atoms with Gasteiger partial charge in [0.2, 0.25) is 0 Å². The van der Waals surface area contributed by atoms with E-state index in [1.54, 1.807) is 0 Å². The normalized spacial score (nSPS) is 15.8. The second-order valence-electron chi connectivity index (χ2n) is 5.44. The highest BCUT2D eigenvalue weighted by Gasteiger charge is 2.23. The maximum atomic E-state index is 12.4. The molecule has 1 aromatic rings. The Kier molecular flexibility index (Phi) is 8.08. The van der Waals surface area contributed by atoms with Gasteiger partial charge in [-0.1, -0.05) is 56.5 Å². The van der Waals surface area contributed by atoms with E-state index in [0.717, 1.165) is 18.7 Å². The quantitative estimate of drug-likeness (QED) is 0.698. The summed E-state index contributed by atoms with van der Waals surface area (Å²) in [5.74, 6) is 0.822. The first kappa shape index (κ1) is 17.4. The minimum atomic E-state index is -0.766. The molecule has 20 heavy (non-hydrogen) atoms. The average Bonchev–Trinajstić information content (AvgIpc) is 2.45. The van der Waals surface area contributed by atoms with Gasteiger partial charge < -0.3 is 5.32 Å². The summed E-state index contributed by atoms with van der Waals surface area (Å²) in [6.07, 6.45) is 3.43. The number of nitrogens with one attached hydrogen (secondary N) is 1. The van der Waals surface area contributed by atoms with Crippen molar-refractivity contribution in [1.82, 2.24) is 5.32 Å². The molecule has 0 amide bonds. The van der Waals surface area contributed by atoms with E-state index in [0.29, 0.717) is 0 Å². The van der Waals surface area contributed by atoms with Crippen molar-refractivity contribution < 1.29 is 4.21 Å². The lowest BCUT2D eigenvalue weighted by Crippen LogP contribution is -2.33. The first-order valence-corrected chi connectivity index (χ1v) is 9.15. The van der Waals surface area contributed by atoms with Gasteiger partial charge in [0.15, 0.2) is 0 Å². The molecule has 1 aromatic carbocycles. The first-order chi connectivity index (χ1) is 9.60. The molecule has 0 bridgehead atoms. The standard InChI is InChI=1S/C17H29NOS/c1-5-7-8-13-20(19)15(4)17(18-6-2)16-11-9-14(3)10-12-16/h9-12,15,17-18H,5-8,13H2,1-4H3. The van der Waals surface area contributed by atoms with Crippen LogP contribution in [0, 0.1) is 6.92 Å². The van der Waals surface area contributed by atoms with Crippen molar-refractivity contribution >= 4 is 10.8 Å². The summed E-state index contributed by atoms with van der Waals surface area (Å²) in [5, 5.41) is 3.64. The Balaban J connectivity index is 2.73. The largest absolute Gasteiger partial charge is 0.309 e. The van der Waals surface area contributed by atoms with Gasteiger partial charge in [-0.15, -0.1) is 0 Å². The summed E-state index contributed by atoms with van der Waals surface area (Å²) in [6.45, 7) is 9.39. The number of rotatable bonds is 9. The molecule has 0 heterocycles. The van der Waals surface area contributed by atoms with Crippen LogP contribution in [0.15, 0.2) is 24.3 Å². The van der Waals surface area contributed by atoms with Crippen molar-refractivity contribution in [2.75, 3.05) is 12.3 Å². The molecule has 0 aromatic heterocycles. The lowest BCUT2D eigenvalue weighted by Gasteiger charge is -2.25. The molecule has 3 atom stereocenters. The first-order valence-electron chi connectivity index (χ1n) is 7.77. The third-order valence-electron chi connectivity index (χ3n) is 3.69. The summed E-state index contributed by atoms with van der Waals surface area (Å²) in [7, 11) is -0.766. The second-order valence-corrected chi connectivity index (χ2v) is 7.36. The van der Waals surface area contributed by atoms with Crippen LogP contribution in [0.2, 0.25) is 0 Å². The Morgan fingerprint density at radius 1 is 1.15 bits per heavy atom. The minimum Gasteiger partial charge on any atom is -0.309 e. The van der Waals surface area contributed by atoms with Gasteiger partial charge in [-0.2, -0.15) is 0 Å². The topological polar surface area (TPSA) is 29.1 Å². The summed E-state index contributed by atoms with van der Waals surface area (Å²) in [4.78, 5) is 0. The Morgan fingerprint density at radius 2 is 1.80 bits per heavy atom. The van der Waals surface area contributed by atoms with Crippen LogP contribution in [0.5, 0.6) is 0 Å². The van der Waals surface area contributed by atoms with Crippen LogP contribution in [0.1, 0.15) is 57.2 Å². The Labute approximate surface area is 126 Å². The van der Waals surface area contributed by atoms with E-state index in [4.69, 9.17) is 0 Å². The van der Waals surface area contributed by atoms with E-state index in [9.17, 15) is 4.21 Å². The predicted octanol–water partition coefficient (Wildman–Crippen LogP) is 3.97. The van der Waals surface area contributed by atoms with Crippen LogP contribution in [-0.4, -0.2) is 21.8 Å². The van der Waals surface area contributed by atoms with Gasteiger partial charge >= 0.3 is 0 Å². The lowest BCUT2D eigenvalue weighted by molar-refractivity contribution is 0.534. The fraction of sp³-hybridized carbons (Fsp3) is 0.647. The van der Waals surface area contributed by atoms with Crippen molar-refractivity contribution in [3.05, 3.63) is 35.4 Å². The zero-order valence-electron chi connectivity index (χ0n) is 13.3. The van der Waals surface area contributed by atoms with E-state index >= 15 is 0 Å². The van der Waals surface area contributed by atoms with Gasteiger partial charge in [-0.25, -0.2) is 0 Å². The Hall–Kier alpha value is -0.670. The monoisotopic (exact) mass is 295 g/mol. The maximum Gasteiger partial charge on any atom is 0.0514 e. The molecular weight excluding hydrogens is 266 g/mol. The van der Waals surface area contributed by atoms with E-state index in [1.165, 1.54) is 24.0 Å². The highest BCUT2D eigenvalue weighted by atomic mass is 32.2. The highest BCUT2D eigenvalue weighted by molar-refractivity contribution is 7.85. The molecule has 3 heteroatoms. The molecule has 0 aliphatic rings. The summed E-state index contributed by atoms with van der Waals surface area (Å²) >= 11 is 0. The van der Waals surface area contributed by atoms with Gasteiger partial charge in [-0.3, -0.25) is 4.21 Å². The summed E-state index contributed by atoms with van der Waals surface area (Å²) < 4.78 is 12.4. The molecule has 114 valence electrons. The van der Waals surface area contributed by atoms with Crippen LogP contribution in [0.25, 0.3) is 0 Å². The van der Waals surface area contributed by atoms with Crippen LogP contribution >= 0.6 is 0 Å². The van der Waals surface area contributed by atoms with Gasteiger partial charge in [0.25, 0.3) is 0 Å². The molecule has 0 fully saturated rings. The van der Waals surface area contributed by atoms with Crippen LogP contribution in [0.3, 0.4) is 0 Å². The van der Waals surface area contributed by atoms with E-state index < -0.39 is 10.8 Å². The van der Waals surface area contributed by atoms with Crippen molar-refractivity contribution in [2.45, 2.75) is 58.2 Å². The maximum absolute atomic E-state index is 12.4. The molecule has 2 nitrogen and oxygen atoms in total. The van der Waals surface area contributed by atoms with Crippen molar-refractivity contribution in [2.24, 2.45) is 0 Å². The predicted molar refractivity (Wildman–Crippen MR) is 89.6 cm³/mol. The Bertz CT molecular complexity index is 402. The zero-order valence-corrected chi connectivity index (χ0v) is 14.1. The minimum absolute atomic E-state index is 0.148. The molecule has 1 N–H and O–H groups in total. The van der Waals surface area contributed by atoms with Gasteiger partial charge in [0.1, 0.15) is 0 Å². The average molecular weight is 295 g/mol. The van der Waals surface area contributed by atoms with E-state index in [-0.39, 0.29) is 11.3 Å². The van der Waals surface area contributed by atoms with Gasteiger partial charge in [0.05, 0.1) is 5.25 Å². The smallest absolute Gasteiger partial charge is 0.0514 e. The lowest BCUT2D eigenvalue weighted by atomic mass is 10.0. The van der Waals surface area contributed by atoms with E-state index in [2.05, 4.69) is 57.3 Å². The van der Waals surface area contributed by atoms with Crippen LogP contribution < -0.4 is 5.32 Å². The molecule has 1 rings (SSSR count). The van der Waals surface area contributed by atoms with Crippen molar-refractivity contribution in [1.29, 1.82) is 0 Å². The summed E-state index contributed by atoms with van der Waals surface area (Å²) in [5.41, 5.74) is 2.51. The molecular formula is C17H29NOS.